The van der Waals surface area contributed by atoms with E-state index in [1.165, 1.54) is 6.42 Å². The van der Waals surface area contributed by atoms with Gasteiger partial charge in [0, 0.05) is 37.8 Å². The van der Waals surface area contributed by atoms with Gasteiger partial charge in [-0.3, -0.25) is 9.59 Å². The van der Waals surface area contributed by atoms with Crippen LogP contribution in [0.4, 0.5) is 0 Å². The van der Waals surface area contributed by atoms with Crippen LogP contribution >= 0.6 is 12.4 Å². The number of fused-ring (bicyclic) bond motifs is 3. The van der Waals surface area contributed by atoms with Gasteiger partial charge < -0.3 is 25.0 Å². The van der Waals surface area contributed by atoms with Crippen molar-refractivity contribution >= 4 is 24.2 Å². The molecule has 2 bridgehead atoms. The maximum atomic E-state index is 13.0. The smallest absolute Gasteiger partial charge is 0.254 e. The van der Waals surface area contributed by atoms with Crippen LogP contribution in [0.1, 0.15) is 29.6 Å². The van der Waals surface area contributed by atoms with Crippen molar-refractivity contribution in [2.24, 2.45) is 23.5 Å². The summed E-state index contributed by atoms with van der Waals surface area (Å²) >= 11 is 0. The van der Waals surface area contributed by atoms with E-state index < -0.39 is 0 Å². The minimum absolute atomic E-state index is 0. The predicted molar refractivity (Wildman–Crippen MR) is 105 cm³/mol. The molecule has 2 heterocycles. The van der Waals surface area contributed by atoms with E-state index >= 15 is 0 Å². The lowest BCUT2D eigenvalue weighted by atomic mass is 9.84. The van der Waals surface area contributed by atoms with Crippen molar-refractivity contribution < 1.29 is 19.1 Å². The Labute approximate surface area is 170 Å². The first-order chi connectivity index (χ1) is 13.1. The van der Waals surface area contributed by atoms with Gasteiger partial charge in [-0.05, 0) is 49.3 Å². The number of piperazine rings is 1. The molecule has 1 aromatic rings. The van der Waals surface area contributed by atoms with E-state index in [-0.39, 0.29) is 43.0 Å². The lowest BCUT2D eigenvalue weighted by Gasteiger charge is -2.38. The molecule has 2 N–H and O–H groups in total. The van der Waals surface area contributed by atoms with Gasteiger partial charge in [0.05, 0.1) is 5.92 Å². The van der Waals surface area contributed by atoms with E-state index in [0.717, 1.165) is 12.8 Å². The second kappa shape index (κ2) is 7.44. The van der Waals surface area contributed by atoms with E-state index in [1.54, 1.807) is 18.2 Å². The minimum atomic E-state index is -0.0305. The number of hydrogen-bond donors (Lipinski definition) is 1. The zero-order valence-corrected chi connectivity index (χ0v) is 16.5. The van der Waals surface area contributed by atoms with E-state index in [1.807, 2.05) is 9.80 Å². The topological polar surface area (TPSA) is 85.1 Å². The average Bonchev–Trinajstić information content (AvgIpc) is 3.42. The Balaban J connectivity index is 0.00000192. The summed E-state index contributed by atoms with van der Waals surface area (Å²) < 4.78 is 10.7. The standard InChI is InChI=1S/C20H25N3O4.ClH/c21-18-13-2-1-12(9-13)17(18)20(25)23-7-5-22(6-8-23)19(24)14-3-4-15-16(10-14)27-11-26-15;/h3-4,10,12-13,17-18H,1-2,5-9,11,21H2;1H. The lowest BCUT2D eigenvalue weighted by molar-refractivity contribution is -0.139. The van der Waals surface area contributed by atoms with Crippen LogP contribution in [0, 0.1) is 17.8 Å². The molecule has 7 nitrogen and oxygen atoms in total. The van der Waals surface area contributed by atoms with Gasteiger partial charge in [0.15, 0.2) is 11.5 Å². The highest BCUT2D eigenvalue weighted by molar-refractivity contribution is 5.95. The summed E-state index contributed by atoms with van der Waals surface area (Å²) in [6.07, 6.45) is 3.42. The van der Waals surface area contributed by atoms with Crippen molar-refractivity contribution in [1.29, 1.82) is 0 Å². The van der Waals surface area contributed by atoms with Gasteiger partial charge in [-0.2, -0.15) is 0 Å². The molecular weight excluding hydrogens is 382 g/mol. The number of halogens is 1. The third-order valence-corrected chi connectivity index (χ3v) is 6.76. The summed E-state index contributed by atoms with van der Waals surface area (Å²) in [6.45, 7) is 2.45. The lowest BCUT2D eigenvalue weighted by Crippen LogP contribution is -2.54. The van der Waals surface area contributed by atoms with Gasteiger partial charge in [-0.1, -0.05) is 0 Å². The van der Waals surface area contributed by atoms with Gasteiger partial charge >= 0.3 is 0 Å². The number of nitrogens with zero attached hydrogens (tertiary/aromatic N) is 2. The molecule has 4 atom stereocenters. The van der Waals surface area contributed by atoms with Gasteiger partial charge in [0.1, 0.15) is 0 Å². The molecule has 3 fully saturated rings. The van der Waals surface area contributed by atoms with Crippen LogP contribution in [0.3, 0.4) is 0 Å². The van der Waals surface area contributed by atoms with Crippen molar-refractivity contribution in [3.63, 3.8) is 0 Å². The quantitative estimate of drug-likeness (QED) is 0.802. The summed E-state index contributed by atoms with van der Waals surface area (Å²) in [7, 11) is 0. The van der Waals surface area contributed by atoms with Crippen molar-refractivity contribution in [2.45, 2.75) is 25.3 Å². The zero-order chi connectivity index (χ0) is 18.5. The fraction of sp³-hybridized carbons (Fsp3) is 0.600. The summed E-state index contributed by atoms with van der Waals surface area (Å²) in [4.78, 5) is 29.5. The monoisotopic (exact) mass is 407 g/mol. The molecule has 2 amide bonds. The average molecular weight is 408 g/mol. The molecule has 4 aliphatic rings. The fourth-order valence-electron chi connectivity index (χ4n) is 5.26. The molecule has 28 heavy (non-hydrogen) atoms. The maximum absolute atomic E-state index is 13.0. The van der Waals surface area contributed by atoms with Crippen LogP contribution in [-0.2, 0) is 4.79 Å². The van der Waals surface area contributed by atoms with E-state index in [0.29, 0.717) is 55.1 Å². The Morgan fingerprint density at radius 2 is 1.64 bits per heavy atom. The fourth-order valence-corrected chi connectivity index (χ4v) is 5.26. The number of ether oxygens (including phenoxy) is 2. The number of carbonyl (C=O) groups is 2. The number of benzene rings is 1. The van der Waals surface area contributed by atoms with Crippen molar-refractivity contribution in [3.8, 4) is 11.5 Å². The first-order valence-electron chi connectivity index (χ1n) is 9.85. The molecule has 0 radical (unpaired) electrons. The Kier molecular flexibility index (Phi) is 5.14. The molecular formula is C20H26ClN3O4. The highest BCUT2D eigenvalue weighted by atomic mass is 35.5. The molecule has 152 valence electrons. The van der Waals surface area contributed by atoms with E-state index in [9.17, 15) is 9.59 Å². The first kappa shape index (κ1) is 19.3. The predicted octanol–water partition coefficient (Wildman–Crippen LogP) is 1.49. The highest BCUT2D eigenvalue weighted by Gasteiger charge is 2.50. The Morgan fingerprint density at radius 1 is 0.964 bits per heavy atom. The van der Waals surface area contributed by atoms with Crippen LogP contribution in [0.15, 0.2) is 18.2 Å². The normalized spacial score (nSPS) is 30.3. The van der Waals surface area contributed by atoms with Gasteiger partial charge in [0.25, 0.3) is 5.91 Å². The first-order valence-corrected chi connectivity index (χ1v) is 9.85. The van der Waals surface area contributed by atoms with Crippen LogP contribution in [0.2, 0.25) is 0 Å². The summed E-state index contributed by atoms with van der Waals surface area (Å²) in [5.74, 6) is 2.43. The van der Waals surface area contributed by atoms with Gasteiger partial charge in [0.2, 0.25) is 12.7 Å². The number of rotatable bonds is 2. The number of hydrogen-bond acceptors (Lipinski definition) is 5. The van der Waals surface area contributed by atoms with Crippen LogP contribution in [0.25, 0.3) is 0 Å². The number of nitrogens with two attached hydrogens (primary N) is 1. The van der Waals surface area contributed by atoms with Crippen LogP contribution < -0.4 is 15.2 Å². The summed E-state index contributed by atoms with van der Waals surface area (Å²) in [5, 5.41) is 0. The Bertz CT molecular complexity index is 779. The molecule has 2 aliphatic heterocycles. The van der Waals surface area contributed by atoms with Crippen molar-refractivity contribution in [1.82, 2.24) is 9.80 Å². The third-order valence-electron chi connectivity index (χ3n) is 6.76. The van der Waals surface area contributed by atoms with Crippen molar-refractivity contribution in [2.75, 3.05) is 33.0 Å². The molecule has 1 aromatic carbocycles. The molecule has 1 saturated heterocycles. The largest absolute Gasteiger partial charge is 0.454 e. The number of amides is 2. The number of carbonyl (C=O) groups excluding carboxylic acids is 2. The second-order valence-corrected chi connectivity index (χ2v) is 8.12. The molecule has 5 rings (SSSR count). The van der Waals surface area contributed by atoms with Crippen LogP contribution in [-0.4, -0.2) is 60.6 Å². The third kappa shape index (κ3) is 3.10. The minimum Gasteiger partial charge on any atom is -0.454 e. The second-order valence-electron chi connectivity index (χ2n) is 8.12. The molecule has 0 spiro atoms. The van der Waals surface area contributed by atoms with E-state index in [2.05, 4.69) is 0 Å². The Morgan fingerprint density at radius 3 is 2.36 bits per heavy atom. The molecule has 2 saturated carbocycles. The molecule has 2 aliphatic carbocycles. The molecule has 0 aromatic heterocycles. The Hall–Kier alpha value is -1.99. The summed E-state index contributed by atoms with van der Waals surface area (Å²) in [6, 6.07) is 5.29. The molecule has 4 unspecified atom stereocenters. The maximum Gasteiger partial charge on any atom is 0.254 e. The van der Waals surface area contributed by atoms with Gasteiger partial charge in [-0.25, -0.2) is 0 Å². The van der Waals surface area contributed by atoms with Crippen LogP contribution in [0.5, 0.6) is 11.5 Å². The summed E-state index contributed by atoms with van der Waals surface area (Å²) in [5.41, 5.74) is 6.93. The zero-order valence-electron chi connectivity index (χ0n) is 15.7. The SMILES string of the molecule is Cl.NC1C2CCC(C2)C1C(=O)N1CCN(C(=O)c2ccc3c(c2)OCO3)CC1. The van der Waals surface area contributed by atoms with E-state index in [4.69, 9.17) is 15.2 Å². The molecule has 8 heteroatoms. The van der Waals surface area contributed by atoms with Crippen molar-refractivity contribution in [3.05, 3.63) is 23.8 Å². The highest BCUT2D eigenvalue weighted by Crippen LogP contribution is 2.48. The van der Waals surface area contributed by atoms with Gasteiger partial charge in [-0.15, -0.1) is 12.4 Å².